The van der Waals surface area contributed by atoms with Crippen molar-refractivity contribution in [2.45, 2.75) is 13.8 Å². The monoisotopic (exact) mass is 422 g/mol. The van der Waals surface area contributed by atoms with E-state index in [0.717, 1.165) is 0 Å². The molecule has 10 heteroatoms. The van der Waals surface area contributed by atoms with Gasteiger partial charge < -0.3 is 0 Å². The maximum Gasteiger partial charge on any atom is 0.437 e. The first-order chi connectivity index (χ1) is 13.3. The summed E-state index contributed by atoms with van der Waals surface area (Å²) in [5.74, 6) is 0. The van der Waals surface area contributed by atoms with E-state index in [1.807, 2.05) is 0 Å². The highest BCUT2D eigenvalue weighted by atomic mass is 35.5. The van der Waals surface area contributed by atoms with Crippen LogP contribution in [0.25, 0.3) is 0 Å². The largest absolute Gasteiger partial charge is 0.437 e. The van der Waals surface area contributed by atoms with Crippen molar-refractivity contribution in [1.29, 1.82) is 0 Å². The Hall–Kier alpha value is -3.10. The van der Waals surface area contributed by atoms with Gasteiger partial charge in [-0.1, -0.05) is 33.5 Å². The van der Waals surface area contributed by atoms with Crippen LogP contribution in [0.4, 0.5) is 21.0 Å². The number of benzene rings is 2. The Labute approximate surface area is 171 Å². The predicted molar refractivity (Wildman–Crippen MR) is 109 cm³/mol. The van der Waals surface area contributed by atoms with Crippen molar-refractivity contribution in [2.24, 2.45) is 10.3 Å². The molecule has 2 aromatic carbocycles. The van der Waals surface area contributed by atoms with Crippen LogP contribution < -0.4 is 10.6 Å². The number of anilines is 2. The minimum atomic E-state index is -0.795. The standard InChI is InChI=1S/C18H16Cl2N4O4/c1-11(23-27-17(25)21-15-7-3-13(19)4-8-15)12(2)24-28-18(26)22-16-9-5-14(20)6-10-16/h3-10H,1-2H3,(H,21,25)(H,22,26)/b23-11+,24-12+. The van der Waals surface area contributed by atoms with Crippen LogP contribution in [0.1, 0.15) is 13.8 Å². The molecule has 0 saturated heterocycles. The molecule has 0 bridgehead atoms. The van der Waals surface area contributed by atoms with E-state index >= 15 is 0 Å². The molecular formula is C18H16Cl2N4O4. The number of rotatable bonds is 5. The summed E-state index contributed by atoms with van der Waals surface area (Å²) < 4.78 is 0. The second-order valence-electron chi connectivity index (χ2n) is 5.37. The summed E-state index contributed by atoms with van der Waals surface area (Å²) in [5.41, 5.74) is 1.47. The molecule has 0 saturated carbocycles. The van der Waals surface area contributed by atoms with E-state index in [1.54, 1.807) is 48.5 Å². The topological polar surface area (TPSA) is 101 Å². The summed E-state index contributed by atoms with van der Waals surface area (Å²) in [6.07, 6.45) is -1.59. The molecule has 0 fully saturated rings. The molecule has 146 valence electrons. The molecule has 8 nitrogen and oxygen atoms in total. The first-order valence-corrected chi connectivity index (χ1v) is 8.66. The number of nitrogens with one attached hydrogen (secondary N) is 2. The third-order valence-corrected chi connectivity index (χ3v) is 3.74. The summed E-state index contributed by atoms with van der Waals surface area (Å²) >= 11 is 11.5. The molecule has 0 aromatic heterocycles. The van der Waals surface area contributed by atoms with Gasteiger partial charge >= 0.3 is 12.2 Å². The summed E-state index contributed by atoms with van der Waals surface area (Å²) in [6.45, 7) is 3.07. The van der Waals surface area contributed by atoms with E-state index in [2.05, 4.69) is 20.9 Å². The van der Waals surface area contributed by atoms with Crippen molar-refractivity contribution in [3.63, 3.8) is 0 Å². The maximum atomic E-state index is 11.7. The highest BCUT2D eigenvalue weighted by molar-refractivity contribution is 6.40. The highest BCUT2D eigenvalue weighted by Gasteiger charge is 2.07. The summed E-state index contributed by atoms with van der Waals surface area (Å²) in [7, 11) is 0. The summed E-state index contributed by atoms with van der Waals surface area (Å²) in [4.78, 5) is 32.9. The van der Waals surface area contributed by atoms with E-state index in [9.17, 15) is 9.59 Å². The van der Waals surface area contributed by atoms with Crippen molar-refractivity contribution in [1.82, 2.24) is 0 Å². The Bertz CT molecular complexity index is 821. The predicted octanol–water partition coefficient (Wildman–Crippen LogP) is 5.54. The Morgan fingerprint density at radius 3 is 1.36 bits per heavy atom. The van der Waals surface area contributed by atoms with Crippen LogP contribution in [0.15, 0.2) is 58.8 Å². The van der Waals surface area contributed by atoms with Crippen LogP contribution in [-0.2, 0) is 9.68 Å². The lowest BCUT2D eigenvalue weighted by atomic mass is 10.3. The van der Waals surface area contributed by atoms with Crippen LogP contribution in [0.3, 0.4) is 0 Å². The van der Waals surface area contributed by atoms with Gasteiger partial charge in [0, 0.05) is 21.4 Å². The fraction of sp³-hybridized carbons (Fsp3) is 0.111. The lowest BCUT2D eigenvalue weighted by Gasteiger charge is -2.04. The second kappa shape index (κ2) is 10.3. The van der Waals surface area contributed by atoms with Gasteiger partial charge in [-0.15, -0.1) is 0 Å². The first kappa shape index (κ1) is 21.2. The molecule has 0 aliphatic heterocycles. The molecule has 0 spiro atoms. The lowest BCUT2D eigenvalue weighted by molar-refractivity contribution is 0.164. The minimum Gasteiger partial charge on any atom is -0.297 e. The molecular weight excluding hydrogens is 407 g/mol. The van der Waals surface area contributed by atoms with Crippen molar-refractivity contribution >= 4 is 58.2 Å². The van der Waals surface area contributed by atoms with Crippen molar-refractivity contribution < 1.29 is 19.3 Å². The average Bonchev–Trinajstić information content (AvgIpc) is 2.67. The third kappa shape index (κ3) is 7.26. The maximum absolute atomic E-state index is 11.7. The second-order valence-corrected chi connectivity index (χ2v) is 6.25. The molecule has 0 heterocycles. The Morgan fingerprint density at radius 1 is 0.714 bits per heavy atom. The minimum absolute atomic E-state index is 0.241. The third-order valence-electron chi connectivity index (χ3n) is 3.24. The van der Waals surface area contributed by atoms with Crippen molar-refractivity contribution in [2.75, 3.05) is 10.6 Å². The molecule has 0 aliphatic carbocycles. The van der Waals surface area contributed by atoms with E-state index < -0.39 is 12.2 Å². The first-order valence-electron chi connectivity index (χ1n) is 7.90. The number of carbonyl (C=O) groups excluding carboxylic acids is 2. The molecule has 0 atom stereocenters. The number of carbonyl (C=O) groups is 2. The van der Waals surface area contributed by atoms with Crippen LogP contribution >= 0.6 is 23.2 Å². The Kier molecular flexibility index (Phi) is 7.79. The number of halogens is 2. The molecule has 0 unspecified atom stereocenters. The molecule has 0 radical (unpaired) electrons. The molecule has 2 rings (SSSR count). The normalized spacial score (nSPS) is 11.6. The van der Waals surface area contributed by atoms with Gasteiger partial charge in [0.1, 0.15) is 11.4 Å². The zero-order chi connectivity index (χ0) is 20.5. The van der Waals surface area contributed by atoms with Crippen molar-refractivity contribution in [3.05, 3.63) is 58.6 Å². The zero-order valence-electron chi connectivity index (χ0n) is 14.9. The average molecular weight is 423 g/mol. The lowest BCUT2D eigenvalue weighted by Crippen LogP contribution is -2.15. The van der Waals surface area contributed by atoms with Gasteiger partial charge in [0.05, 0.1) is 0 Å². The van der Waals surface area contributed by atoms with Gasteiger partial charge in [0.25, 0.3) is 0 Å². The number of nitrogens with zero attached hydrogens (tertiary/aromatic N) is 2. The number of amides is 2. The molecule has 2 N–H and O–H groups in total. The van der Waals surface area contributed by atoms with Crippen molar-refractivity contribution in [3.8, 4) is 0 Å². The number of hydrogen-bond donors (Lipinski definition) is 2. The summed E-state index contributed by atoms with van der Waals surface area (Å²) in [5, 5.41) is 13.3. The van der Waals surface area contributed by atoms with Crippen LogP contribution in [-0.4, -0.2) is 23.6 Å². The number of hydrogen-bond acceptors (Lipinski definition) is 6. The van der Waals surface area contributed by atoms with Gasteiger partial charge in [-0.25, -0.2) is 9.59 Å². The Balaban J connectivity index is 1.83. The van der Waals surface area contributed by atoms with Gasteiger partial charge in [-0.2, -0.15) is 0 Å². The van der Waals surface area contributed by atoms with E-state index in [-0.39, 0.29) is 11.4 Å². The van der Waals surface area contributed by atoms with Gasteiger partial charge in [0.2, 0.25) is 0 Å². The van der Waals surface area contributed by atoms with Gasteiger partial charge in [-0.3, -0.25) is 20.3 Å². The molecule has 2 aromatic rings. The van der Waals surface area contributed by atoms with E-state index in [0.29, 0.717) is 21.4 Å². The fourth-order valence-electron chi connectivity index (χ4n) is 1.70. The van der Waals surface area contributed by atoms with E-state index in [4.69, 9.17) is 32.9 Å². The summed E-state index contributed by atoms with van der Waals surface area (Å²) in [6, 6.07) is 12.9. The van der Waals surface area contributed by atoms with Crippen LogP contribution in [0.5, 0.6) is 0 Å². The van der Waals surface area contributed by atoms with E-state index in [1.165, 1.54) is 13.8 Å². The number of oxime groups is 2. The van der Waals surface area contributed by atoms with Gasteiger partial charge in [-0.05, 0) is 62.4 Å². The quantitative estimate of drug-likeness (QED) is 0.374. The zero-order valence-corrected chi connectivity index (χ0v) is 16.4. The highest BCUT2D eigenvalue weighted by Crippen LogP contribution is 2.14. The van der Waals surface area contributed by atoms with Crippen LogP contribution in [0, 0.1) is 0 Å². The Morgan fingerprint density at radius 2 is 1.04 bits per heavy atom. The smallest absolute Gasteiger partial charge is 0.297 e. The fourth-order valence-corrected chi connectivity index (χ4v) is 1.95. The molecule has 2 amide bonds. The molecule has 0 aliphatic rings. The SMILES string of the molecule is CC(=N\OC(=O)Nc1ccc(Cl)cc1)/C(C)=N/OC(=O)Nc1ccc(Cl)cc1. The van der Waals surface area contributed by atoms with Gasteiger partial charge in [0.15, 0.2) is 0 Å². The molecule has 28 heavy (non-hydrogen) atoms. The van der Waals surface area contributed by atoms with Crippen LogP contribution in [0.2, 0.25) is 10.0 Å².